The van der Waals surface area contributed by atoms with Crippen LogP contribution in [0, 0.1) is 11.3 Å². The zero-order valence-corrected chi connectivity index (χ0v) is 7.86. The second-order valence-corrected chi connectivity index (χ2v) is 3.39. The average Bonchev–Trinajstić information content (AvgIpc) is 2.52. The maximum Gasteiger partial charge on any atom is 0.102 e. The van der Waals surface area contributed by atoms with Gasteiger partial charge in [-0.3, -0.25) is 4.68 Å². The molecule has 1 heterocycles. The predicted octanol–water partition coefficient (Wildman–Crippen LogP) is 0.916. The Hall–Kier alpha value is -1.34. The minimum Gasteiger partial charge on any atom is -0.388 e. The Kier molecular flexibility index (Phi) is 2.69. The van der Waals surface area contributed by atoms with E-state index in [2.05, 4.69) is 5.10 Å². The van der Waals surface area contributed by atoms with E-state index in [1.165, 1.54) is 6.20 Å². The molecule has 0 bridgehead atoms. The van der Waals surface area contributed by atoms with Gasteiger partial charge in [0.05, 0.1) is 23.9 Å². The van der Waals surface area contributed by atoms with Crippen molar-refractivity contribution in [3.8, 4) is 6.07 Å². The van der Waals surface area contributed by atoms with E-state index >= 15 is 0 Å². The van der Waals surface area contributed by atoms with Crippen molar-refractivity contribution in [3.63, 3.8) is 0 Å². The highest BCUT2D eigenvalue weighted by Gasteiger charge is 2.18. The summed E-state index contributed by atoms with van der Waals surface area (Å²) in [5.41, 5.74) is -0.231. The van der Waals surface area contributed by atoms with Crippen LogP contribution in [0.1, 0.15) is 25.8 Å². The lowest BCUT2D eigenvalue weighted by Crippen LogP contribution is -2.29. The van der Waals surface area contributed by atoms with E-state index in [4.69, 9.17) is 5.26 Å². The average molecular weight is 179 g/mol. The molecule has 13 heavy (non-hydrogen) atoms. The molecule has 1 rings (SSSR count). The summed E-state index contributed by atoms with van der Waals surface area (Å²) in [6.07, 6.45) is 3.78. The van der Waals surface area contributed by atoms with E-state index in [1.807, 2.05) is 13.0 Å². The van der Waals surface area contributed by atoms with Gasteiger partial charge in [-0.05, 0) is 13.3 Å². The Morgan fingerprint density at radius 2 is 2.46 bits per heavy atom. The van der Waals surface area contributed by atoms with Crippen LogP contribution in [0.3, 0.4) is 0 Å². The summed E-state index contributed by atoms with van der Waals surface area (Å²) in [6.45, 7) is 4.08. The molecule has 1 aromatic rings. The molecule has 1 N–H and O–H groups in total. The Morgan fingerprint density at radius 3 is 2.92 bits per heavy atom. The Bertz CT molecular complexity index is 322. The third-order valence-electron chi connectivity index (χ3n) is 2.03. The Labute approximate surface area is 77.4 Å². The molecule has 0 aliphatic rings. The number of aliphatic hydroxyl groups is 1. The molecule has 0 saturated heterocycles. The van der Waals surface area contributed by atoms with Crippen LogP contribution in [0.5, 0.6) is 0 Å². The van der Waals surface area contributed by atoms with Crippen molar-refractivity contribution in [2.45, 2.75) is 32.4 Å². The van der Waals surface area contributed by atoms with Crippen LogP contribution in [-0.4, -0.2) is 20.5 Å². The SMILES string of the molecule is CCC(C)(O)Cn1cc(C#N)cn1. The van der Waals surface area contributed by atoms with Crippen molar-refractivity contribution in [2.75, 3.05) is 0 Å². The molecule has 4 nitrogen and oxygen atoms in total. The van der Waals surface area contributed by atoms with Gasteiger partial charge in [0.25, 0.3) is 0 Å². The lowest BCUT2D eigenvalue weighted by Gasteiger charge is -2.20. The zero-order chi connectivity index (χ0) is 9.90. The maximum absolute atomic E-state index is 9.71. The van der Waals surface area contributed by atoms with Gasteiger partial charge in [-0.1, -0.05) is 6.92 Å². The zero-order valence-electron chi connectivity index (χ0n) is 7.86. The second-order valence-electron chi connectivity index (χ2n) is 3.39. The summed E-state index contributed by atoms with van der Waals surface area (Å²) < 4.78 is 1.59. The van der Waals surface area contributed by atoms with Gasteiger partial charge in [-0.2, -0.15) is 10.4 Å². The summed E-state index contributed by atoms with van der Waals surface area (Å²) in [4.78, 5) is 0. The highest BCUT2D eigenvalue weighted by atomic mass is 16.3. The highest BCUT2D eigenvalue weighted by molar-refractivity contribution is 5.21. The fourth-order valence-electron chi connectivity index (χ4n) is 0.969. The molecule has 70 valence electrons. The van der Waals surface area contributed by atoms with Gasteiger partial charge < -0.3 is 5.11 Å². The van der Waals surface area contributed by atoms with E-state index in [1.54, 1.807) is 17.8 Å². The van der Waals surface area contributed by atoms with Gasteiger partial charge in [-0.15, -0.1) is 0 Å². The number of nitriles is 1. The van der Waals surface area contributed by atoms with Crippen molar-refractivity contribution >= 4 is 0 Å². The fraction of sp³-hybridized carbons (Fsp3) is 0.556. The normalized spacial score (nSPS) is 14.9. The van der Waals surface area contributed by atoms with E-state index in [9.17, 15) is 5.11 Å². The third kappa shape index (κ3) is 2.56. The first-order valence-electron chi connectivity index (χ1n) is 4.22. The first-order valence-corrected chi connectivity index (χ1v) is 4.22. The smallest absolute Gasteiger partial charge is 0.102 e. The highest BCUT2D eigenvalue weighted by Crippen LogP contribution is 2.11. The van der Waals surface area contributed by atoms with Gasteiger partial charge in [0, 0.05) is 6.20 Å². The Balaban J connectivity index is 2.70. The Morgan fingerprint density at radius 1 is 1.77 bits per heavy atom. The van der Waals surface area contributed by atoms with Crippen molar-refractivity contribution in [1.82, 2.24) is 9.78 Å². The molecule has 0 spiro atoms. The van der Waals surface area contributed by atoms with Gasteiger partial charge >= 0.3 is 0 Å². The third-order valence-corrected chi connectivity index (χ3v) is 2.03. The number of rotatable bonds is 3. The van der Waals surface area contributed by atoms with Crippen molar-refractivity contribution in [3.05, 3.63) is 18.0 Å². The monoisotopic (exact) mass is 179 g/mol. The molecule has 1 aromatic heterocycles. The quantitative estimate of drug-likeness (QED) is 0.750. The van der Waals surface area contributed by atoms with Crippen LogP contribution >= 0.6 is 0 Å². The van der Waals surface area contributed by atoms with E-state index in [0.29, 0.717) is 18.5 Å². The van der Waals surface area contributed by atoms with Crippen molar-refractivity contribution in [2.24, 2.45) is 0 Å². The summed E-state index contributed by atoms with van der Waals surface area (Å²) >= 11 is 0. The van der Waals surface area contributed by atoms with E-state index < -0.39 is 5.60 Å². The van der Waals surface area contributed by atoms with Crippen LogP contribution in [0.15, 0.2) is 12.4 Å². The van der Waals surface area contributed by atoms with Crippen molar-refractivity contribution < 1.29 is 5.11 Å². The number of hydrogen-bond donors (Lipinski definition) is 1. The molecule has 0 fully saturated rings. The van der Waals surface area contributed by atoms with Gasteiger partial charge in [0.1, 0.15) is 6.07 Å². The molecule has 0 saturated carbocycles. The standard InChI is InChI=1S/C9H13N3O/c1-3-9(2,13)7-12-6-8(4-10)5-11-12/h5-6,13H,3,7H2,1-2H3. The summed E-state index contributed by atoms with van der Waals surface area (Å²) in [5, 5.41) is 22.2. The predicted molar refractivity (Wildman–Crippen MR) is 47.9 cm³/mol. The summed E-state index contributed by atoms with van der Waals surface area (Å²) in [7, 11) is 0. The first kappa shape index (κ1) is 9.75. The number of nitrogens with zero attached hydrogens (tertiary/aromatic N) is 3. The van der Waals surface area contributed by atoms with E-state index in [0.717, 1.165) is 0 Å². The minimum atomic E-state index is -0.751. The van der Waals surface area contributed by atoms with Crippen LogP contribution < -0.4 is 0 Å². The van der Waals surface area contributed by atoms with Crippen LogP contribution in [0.25, 0.3) is 0 Å². The second kappa shape index (κ2) is 3.58. The first-order chi connectivity index (χ1) is 6.07. The van der Waals surface area contributed by atoms with Gasteiger partial charge in [0.2, 0.25) is 0 Å². The summed E-state index contributed by atoms with van der Waals surface area (Å²) in [6, 6.07) is 1.99. The van der Waals surface area contributed by atoms with Crippen LogP contribution in [-0.2, 0) is 6.54 Å². The summed E-state index contributed by atoms with van der Waals surface area (Å²) in [5.74, 6) is 0. The van der Waals surface area contributed by atoms with Crippen molar-refractivity contribution in [1.29, 1.82) is 5.26 Å². The van der Waals surface area contributed by atoms with Crippen LogP contribution in [0.2, 0.25) is 0 Å². The molecule has 0 amide bonds. The molecule has 0 aromatic carbocycles. The molecule has 0 aliphatic heterocycles. The molecule has 1 unspecified atom stereocenters. The lowest BCUT2D eigenvalue weighted by atomic mass is 10.0. The number of aromatic nitrogens is 2. The van der Waals surface area contributed by atoms with Gasteiger partial charge in [0.15, 0.2) is 0 Å². The molecule has 0 radical (unpaired) electrons. The lowest BCUT2D eigenvalue weighted by molar-refractivity contribution is 0.0345. The largest absolute Gasteiger partial charge is 0.388 e. The molecule has 4 heteroatoms. The van der Waals surface area contributed by atoms with E-state index in [-0.39, 0.29) is 0 Å². The molecular formula is C9H13N3O. The number of hydrogen-bond acceptors (Lipinski definition) is 3. The maximum atomic E-state index is 9.71. The van der Waals surface area contributed by atoms with Crippen LogP contribution in [0.4, 0.5) is 0 Å². The molecule has 1 atom stereocenters. The molecule has 0 aliphatic carbocycles. The minimum absolute atomic E-state index is 0.422. The van der Waals surface area contributed by atoms with Gasteiger partial charge in [-0.25, -0.2) is 0 Å². The molecular weight excluding hydrogens is 166 g/mol. The fourth-order valence-corrected chi connectivity index (χ4v) is 0.969. The topological polar surface area (TPSA) is 61.8 Å².